The van der Waals surface area contributed by atoms with Gasteiger partial charge in [-0.2, -0.15) is 11.8 Å². The van der Waals surface area contributed by atoms with E-state index in [1.807, 2.05) is 30.3 Å². The maximum absolute atomic E-state index is 13.7. The second-order valence-electron chi connectivity index (χ2n) is 8.69. The highest BCUT2D eigenvalue weighted by atomic mass is 33.1. The van der Waals surface area contributed by atoms with Crippen molar-refractivity contribution in [2.75, 3.05) is 49.9 Å². The van der Waals surface area contributed by atoms with Crippen molar-refractivity contribution in [1.29, 1.82) is 0 Å². The van der Waals surface area contributed by atoms with E-state index in [0.717, 1.165) is 35.1 Å². The molecule has 0 radical (unpaired) electrons. The summed E-state index contributed by atoms with van der Waals surface area (Å²) < 4.78 is 15.2. The van der Waals surface area contributed by atoms with Crippen LogP contribution in [0.1, 0.15) is 32.8 Å². The maximum atomic E-state index is 13.7. The molecule has 1 aromatic carbocycles. The average Bonchev–Trinajstić information content (AvgIpc) is 2.89. The van der Waals surface area contributed by atoms with Gasteiger partial charge in [0.15, 0.2) is 6.10 Å². The van der Waals surface area contributed by atoms with Gasteiger partial charge in [0.1, 0.15) is 13.2 Å². The number of ether oxygens (including phenoxy) is 3. The molecule has 0 fully saturated rings. The number of imide groups is 1. The summed E-state index contributed by atoms with van der Waals surface area (Å²) in [5.41, 5.74) is 0.935. The zero-order valence-electron chi connectivity index (χ0n) is 23.0. The van der Waals surface area contributed by atoms with E-state index in [4.69, 9.17) is 14.2 Å². The van der Waals surface area contributed by atoms with E-state index in [9.17, 15) is 24.3 Å². The molecule has 2 amide bonds. The largest absolute Gasteiger partial charge is 0.462 e. The Morgan fingerprint density at radius 3 is 2.23 bits per heavy atom. The number of esters is 2. The summed E-state index contributed by atoms with van der Waals surface area (Å²) in [6.07, 6.45) is 0.397. The number of carbonyl (C=O) groups excluding carboxylic acids is 4. The molecule has 2 unspecified atom stereocenters. The molecule has 2 atom stereocenters. The first-order chi connectivity index (χ1) is 18.6. The van der Waals surface area contributed by atoms with Crippen LogP contribution in [0, 0.1) is 5.92 Å². The number of nitrogens with one attached hydrogen (secondary N) is 1. The van der Waals surface area contributed by atoms with Gasteiger partial charge in [-0.05, 0) is 43.9 Å². The summed E-state index contributed by atoms with van der Waals surface area (Å²) in [5, 5.41) is 13.4. The fourth-order valence-corrected chi connectivity index (χ4v) is 5.77. The number of benzene rings is 1. The van der Waals surface area contributed by atoms with Crippen molar-refractivity contribution < 1.29 is 38.5 Å². The van der Waals surface area contributed by atoms with Crippen LogP contribution in [-0.2, 0) is 35.0 Å². The van der Waals surface area contributed by atoms with Crippen LogP contribution in [0.2, 0.25) is 0 Å². The third-order valence-corrected chi connectivity index (χ3v) is 8.02. The monoisotopic (exact) mass is 604 g/mol. The Morgan fingerprint density at radius 1 is 1.03 bits per heavy atom. The van der Waals surface area contributed by atoms with Crippen molar-refractivity contribution in [1.82, 2.24) is 10.2 Å². The highest BCUT2D eigenvalue weighted by Gasteiger charge is 2.33. The van der Waals surface area contributed by atoms with Gasteiger partial charge in [0, 0.05) is 19.6 Å². The molecule has 0 aliphatic carbocycles. The van der Waals surface area contributed by atoms with Crippen LogP contribution in [0.3, 0.4) is 0 Å². The van der Waals surface area contributed by atoms with Gasteiger partial charge in [0.25, 0.3) is 0 Å². The molecule has 0 saturated heterocycles. The normalized spacial score (nSPS) is 12.5. The summed E-state index contributed by atoms with van der Waals surface area (Å²) in [6, 6.07) is 9.48. The third-order valence-electron chi connectivity index (χ3n) is 5.04. The van der Waals surface area contributed by atoms with Crippen molar-refractivity contribution in [3.63, 3.8) is 0 Å². The molecule has 13 heteroatoms. The maximum Gasteiger partial charge on any atom is 0.417 e. The smallest absolute Gasteiger partial charge is 0.417 e. The van der Waals surface area contributed by atoms with E-state index in [0.29, 0.717) is 12.2 Å². The summed E-state index contributed by atoms with van der Waals surface area (Å²) in [6.45, 7) is 3.77. The molecule has 0 saturated carbocycles. The van der Waals surface area contributed by atoms with Crippen LogP contribution in [0.25, 0.3) is 0 Å². The van der Waals surface area contributed by atoms with Crippen molar-refractivity contribution in [2.24, 2.45) is 5.92 Å². The lowest BCUT2D eigenvalue weighted by molar-refractivity contribution is -0.151. The average molecular weight is 605 g/mol. The second kappa shape index (κ2) is 20.9. The first-order valence-corrected chi connectivity index (χ1v) is 16.5. The lowest BCUT2D eigenvalue weighted by Gasteiger charge is -2.28. The summed E-state index contributed by atoms with van der Waals surface area (Å²) >= 11 is 1.80. The van der Waals surface area contributed by atoms with Crippen LogP contribution < -0.4 is 5.32 Å². The molecule has 0 aliphatic heterocycles. The second-order valence-corrected chi connectivity index (χ2v) is 12.2. The highest BCUT2D eigenvalue weighted by molar-refractivity contribution is 8.76. The molecule has 10 nitrogen and oxygen atoms in total. The summed E-state index contributed by atoms with van der Waals surface area (Å²) in [5.74, 6) is -0.0371. The Labute approximate surface area is 243 Å². The number of aliphatic hydroxyl groups excluding tert-OH is 1. The Kier molecular flexibility index (Phi) is 18.8. The third kappa shape index (κ3) is 16.7. The lowest BCUT2D eigenvalue weighted by Crippen LogP contribution is -2.47. The molecule has 0 aromatic heterocycles. The lowest BCUT2D eigenvalue weighted by atomic mass is 9.99. The molecule has 0 bridgehead atoms. The van der Waals surface area contributed by atoms with E-state index in [1.165, 1.54) is 31.6 Å². The minimum absolute atomic E-state index is 0.286. The minimum atomic E-state index is -1.12. The van der Waals surface area contributed by atoms with Gasteiger partial charge >= 0.3 is 18.0 Å². The molecule has 1 rings (SSSR count). The van der Waals surface area contributed by atoms with Gasteiger partial charge in [-0.1, -0.05) is 51.9 Å². The first-order valence-electron chi connectivity index (χ1n) is 12.6. The van der Waals surface area contributed by atoms with Gasteiger partial charge in [-0.25, -0.2) is 9.69 Å². The summed E-state index contributed by atoms with van der Waals surface area (Å²) in [4.78, 5) is 50.2. The van der Waals surface area contributed by atoms with Crippen LogP contribution in [-0.4, -0.2) is 96.1 Å². The van der Waals surface area contributed by atoms with Crippen LogP contribution in [0.4, 0.5) is 4.79 Å². The fourth-order valence-electron chi connectivity index (χ4n) is 3.23. The number of aliphatic hydroxyl groups is 1. The molecule has 0 spiro atoms. The van der Waals surface area contributed by atoms with E-state index in [2.05, 4.69) is 11.6 Å². The number of rotatable bonds is 19. The van der Waals surface area contributed by atoms with Crippen molar-refractivity contribution in [3.05, 3.63) is 35.9 Å². The predicted molar refractivity (Wildman–Crippen MR) is 156 cm³/mol. The molecule has 39 heavy (non-hydrogen) atoms. The quantitative estimate of drug-likeness (QED) is 0.0789. The van der Waals surface area contributed by atoms with E-state index in [-0.39, 0.29) is 19.8 Å². The Balaban J connectivity index is 2.97. The standard InChI is InChI=1S/C26H40N2O8S3/c1-19(29)14-28(26(33)36-24(15-34-20(2)30)16-35-21(3)31)25(32)23(13-22-9-6-5-7-10-22)17-38-39-18-27-11-8-12-37-4/h5-7,9-10,19,23-24,27,29H,8,11-18H2,1-4H3. The van der Waals surface area contributed by atoms with Crippen molar-refractivity contribution in [2.45, 2.75) is 45.8 Å². The molecule has 0 aliphatic rings. The van der Waals surface area contributed by atoms with Gasteiger partial charge in [0.2, 0.25) is 5.91 Å². The zero-order valence-corrected chi connectivity index (χ0v) is 25.4. The number of thioether (sulfide) groups is 1. The van der Waals surface area contributed by atoms with Crippen molar-refractivity contribution in [3.8, 4) is 0 Å². The first kappa shape index (κ1) is 35.1. The molecule has 220 valence electrons. The van der Waals surface area contributed by atoms with E-state index >= 15 is 0 Å². The molecule has 1 aromatic rings. The van der Waals surface area contributed by atoms with Gasteiger partial charge in [0.05, 0.1) is 24.4 Å². The number of hydrogen-bond donors (Lipinski definition) is 2. The molecular formula is C26H40N2O8S3. The molecule has 2 N–H and O–H groups in total. The highest BCUT2D eigenvalue weighted by Crippen LogP contribution is 2.26. The number of nitrogens with zero attached hydrogens (tertiary/aromatic N) is 1. The van der Waals surface area contributed by atoms with E-state index in [1.54, 1.807) is 22.6 Å². The molecular weight excluding hydrogens is 564 g/mol. The van der Waals surface area contributed by atoms with Gasteiger partial charge < -0.3 is 24.6 Å². The van der Waals surface area contributed by atoms with Gasteiger partial charge in [-0.3, -0.25) is 14.4 Å². The Morgan fingerprint density at radius 2 is 1.67 bits per heavy atom. The Bertz CT molecular complexity index is 858. The number of amides is 2. The number of hydrogen-bond acceptors (Lipinski definition) is 12. The van der Waals surface area contributed by atoms with E-state index < -0.39 is 42.1 Å². The zero-order chi connectivity index (χ0) is 29.0. The minimum Gasteiger partial charge on any atom is -0.462 e. The number of carbonyl (C=O) groups is 4. The molecule has 0 heterocycles. The van der Waals surface area contributed by atoms with Gasteiger partial charge in [-0.15, -0.1) is 0 Å². The van der Waals surface area contributed by atoms with Crippen LogP contribution in [0.15, 0.2) is 30.3 Å². The Hall–Kier alpha value is -1.93. The predicted octanol–water partition coefficient (Wildman–Crippen LogP) is 3.37. The summed E-state index contributed by atoms with van der Waals surface area (Å²) in [7, 11) is 3.13. The SMILES string of the molecule is CSCCCNCSSCC(Cc1ccccc1)C(=O)N(CC(C)O)C(=O)OC(COC(C)=O)COC(C)=O. The van der Waals surface area contributed by atoms with Crippen LogP contribution >= 0.6 is 33.3 Å². The van der Waals surface area contributed by atoms with Crippen molar-refractivity contribution >= 4 is 57.3 Å². The fraction of sp³-hybridized carbons (Fsp3) is 0.615. The van der Waals surface area contributed by atoms with Crippen LogP contribution in [0.5, 0.6) is 0 Å². The topological polar surface area (TPSA) is 131 Å².